The minimum Gasteiger partial charge on any atom is -0.447 e. The smallest absolute Gasteiger partial charge is 0.407 e. The van der Waals surface area contributed by atoms with E-state index in [0.717, 1.165) is 22.0 Å². The van der Waals surface area contributed by atoms with Crippen molar-refractivity contribution < 1.29 is 23.5 Å². The Hall–Kier alpha value is -1.86. The molecule has 1 saturated heterocycles. The highest BCUT2D eigenvalue weighted by Crippen LogP contribution is 2.43. The molecule has 0 saturated carbocycles. The molecule has 2 aromatic rings. The average Bonchev–Trinajstić information content (AvgIpc) is 3.18. The summed E-state index contributed by atoms with van der Waals surface area (Å²) in [6.07, 6.45) is 2.85. The van der Waals surface area contributed by atoms with Crippen molar-refractivity contribution in [2.45, 2.75) is 18.9 Å². The van der Waals surface area contributed by atoms with Gasteiger partial charge >= 0.3 is 13.8 Å². The number of carbonyl (C=O) groups excluding carboxylic acids is 1. The molecule has 0 spiro atoms. The van der Waals surface area contributed by atoms with E-state index in [1.165, 1.54) is 11.8 Å². The predicted molar refractivity (Wildman–Crippen MR) is 93.4 cm³/mol. The van der Waals surface area contributed by atoms with E-state index in [1.807, 2.05) is 18.3 Å². The van der Waals surface area contributed by atoms with Crippen molar-refractivity contribution in [2.24, 2.45) is 0 Å². The van der Waals surface area contributed by atoms with Crippen molar-refractivity contribution >= 4 is 24.7 Å². The van der Waals surface area contributed by atoms with Crippen LogP contribution in [0.1, 0.15) is 11.1 Å². The molecule has 3 N–H and O–H groups in total. The Balaban J connectivity index is 1.72. The third kappa shape index (κ3) is 4.04. The molecule has 9 heteroatoms. The lowest BCUT2D eigenvalue weighted by Gasteiger charge is -2.20. The second-order valence-electron chi connectivity index (χ2n) is 6.14. The number of rotatable bonds is 7. The first-order valence-corrected chi connectivity index (χ1v) is 9.54. The SMILES string of the molecule is COP(=O)(O)N(C)CCc1c[nH]c2ccc(CC3COC(=O)N3)cc12. The number of nitrogens with one attached hydrogen (secondary N) is 2. The van der Waals surface area contributed by atoms with Crippen LogP contribution in [0.5, 0.6) is 0 Å². The molecule has 1 fully saturated rings. The first-order chi connectivity index (χ1) is 11.9. The van der Waals surface area contributed by atoms with Gasteiger partial charge in [0.05, 0.1) is 6.04 Å². The lowest BCUT2D eigenvalue weighted by atomic mass is 10.0. The Morgan fingerprint density at radius 1 is 1.48 bits per heavy atom. The fourth-order valence-corrected chi connectivity index (χ4v) is 3.56. The van der Waals surface area contributed by atoms with Crippen LogP contribution in [-0.4, -0.2) is 54.0 Å². The van der Waals surface area contributed by atoms with Crippen LogP contribution in [0, 0.1) is 0 Å². The highest BCUT2D eigenvalue weighted by molar-refractivity contribution is 7.50. The van der Waals surface area contributed by atoms with E-state index in [4.69, 9.17) is 4.74 Å². The number of fused-ring (bicyclic) bond motifs is 1. The monoisotopic (exact) mass is 367 g/mol. The number of cyclic esters (lactones) is 1. The van der Waals surface area contributed by atoms with Crippen molar-refractivity contribution in [3.8, 4) is 0 Å². The number of alkyl carbamates (subject to hydrolysis) is 1. The number of carbonyl (C=O) groups is 1. The predicted octanol–water partition coefficient (Wildman–Crippen LogP) is 2.04. The van der Waals surface area contributed by atoms with Crippen molar-refractivity contribution in [1.29, 1.82) is 0 Å². The first-order valence-electron chi connectivity index (χ1n) is 8.01. The number of ether oxygens (including phenoxy) is 1. The van der Waals surface area contributed by atoms with E-state index in [-0.39, 0.29) is 12.1 Å². The number of benzene rings is 1. The van der Waals surface area contributed by atoms with Gasteiger partial charge < -0.3 is 24.5 Å². The molecule has 1 aliphatic heterocycles. The molecule has 8 nitrogen and oxygen atoms in total. The minimum atomic E-state index is -3.71. The van der Waals surface area contributed by atoms with Gasteiger partial charge in [0.2, 0.25) is 0 Å². The van der Waals surface area contributed by atoms with Crippen molar-refractivity contribution in [3.05, 3.63) is 35.5 Å². The average molecular weight is 367 g/mol. The molecule has 2 atom stereocenters. The summed E-state index contributed by atoms with van der Waals surface area (Å²) in [6.45, 7) is 0.774. The molecule has 1 amide bonds. The maximum absolute atomic E-state index is 11.8. The van der Waals surface area contributed by atoms with Crippen molar-refractivity contribution in [2.75, 3.05) is 27.3 Å². The zero-order chi connectivity index (χ0) is 18.0. The van der Waals surface area contributed by atoms with Gasteiger partial charge in [-0.25, -0.2) is 14.0 Å². The van der Waals surface area contributed by atoms with E-state index >= 15 is 0 Å². The molecule has 0 bridgehead atoms. The van der Waals surface area contributed by atoms with Crippen LogP contribution in [0.25, 0.3) is 10.9 Å². The quantitative estimate of drug-likeness (QED) is 0.647. The molecule has 0 radical (unpaired) electrons. The second kappa shape index (κ2) is 7.17. The van der Waals surface area contributed by atoms with Gasteiger partial charge in [-0.1, -0.05) is 6.07 Å². The molecule has 2 unspecified atom stereocenters. The maximum Gasteiger partial charge on any atom is 0.407 e. The molecule has 1 aliphatic rings. The summed E-state index contributed by atoms with van der Waals surface area (Å²) < 4.78 is 22.7. The van der Waals surface area contributed by atoms with Gasteiger partial charge in [-0.05, 0) is 43.1 Å². The summed E-state index contributed by atoms with van der Waals surface area (Å²) >= 11 is 0. The Morgan fingerprint density at radius 2 is 2.28 bits per heavy atom. The summed E-state index contributed by atoms with van der Waals surface area (Å²) in [7, 11) is -0.924. The molecule has 136 valence electrons. The number of H-pyrrole nitrogens is 1. The first kappa shape index (κ1) is 17.9. The molecule has 2 heterocycles. The largest absolute Gasteiger partial charge is 0.447 e. The normalized spacial score (nSPS) is 19.8. The van der Waals surface area contributed by atoms with Crippen LogP contribution >= 0.6 is 7.75 Å². The van der Waals surface area contributed by atoms with Crippen LogP contribution in [0.2, 0.25) is 0 Å². The second-order valence-corrected chi connectivity index (χ2v) is 8.17. The van der Waals surface area contributed by atoms with Gasteiger partial charge in [-0.3, -0.25) is 0 Å². The van der Waals surface area contributed by atoms with Gasteiger partial charge in [-0.15, -0.1) is 0 Å². The highest BCUT2D eigenvalue weighted by Gasteiger charge is 2.24. The highest BCUT2D eigenvalue weighted by atomic mass is 31.2. The zero-order valence-corrected chi connectivity index (χ0v) is 15.1. The fourth-order valence-electron chi connectivity index (χ4n) is 2.93. The van der Waals surface area contributed by atoms with E-state index in [2.05, 4.69) is 20.9 Å². The van der Waals surface area contributed by atoms with E-state index in [0.29, 0.717) is 26.0 Å². The fraction of sp³-hybridized carbons (Fsp3) is 0.438. The number of amides is 1. The lowest BCUT2D eigenvalue weighted by Crippen LogP contribution is -2.28. The number of likely N-dealkylation sites (N-methyl/N-ethyl adjacent to an activating group) is 1. The number of hydrogen-bond donors (Lipinski definition) is 3. The van der Waals surface area contributed by atoms with E-state index in [1.54, 1.807) is 7.05 Å². The summed E-state index contributed by atoms with van der Waals surface area (Å²) in [4.78, 5) is 24.0. The Bertz CT molecular complexity index is 821. The number of hydrogen-bond acceptors (Lipinski definition) is 4. The topological polar surface area (TPSA) is 104 Å². The summed E-state index contributed by atoms with van der Waals surface area (Å²) in [5.41, 5.74) is 3.17. The Labute approximate surface area is 145 Å². The Morgan fingerprint density at radius 3 is 2.96 bits per heavy atom. The van der Waals surface area contributed by atoms with Crippen LogP contribution in [0.4, 0.5) is 4.79 Å². The number of nitrogens with zero attached hydrogens (tertiary/aromatic N) is 1. The van der Waals surface area contributed by atoms with Gasteiger partial charge in [-0.2, -0.15) is 0 Å². The van der Waals surface area contributed by atoms with Gasteiger partial charge in [0, 0.05) is 30.8 Å². The lowest BCUT2D eigenvalue weighted by molar-refractivity contribution is 0.177. The third-order valence-electron chi connectivity index (χ3n) is 4.43. The van der Waals surface area contributed by atoms with E-state index in [9.17, 15) is 14.3 Å². The number of aromatic amines is 1. The maximum atomic E-state index is 11.8. The Kier molecular flexibility index (Phi) is 5.15. The molecule has 25 heavy (non-hydrogen) atoms. The zero-order valence-electron chi connectivity index (χ0n) is 14.2. The molecule has 3 rings (SSSR count). The third-order valence-corrected chi connectivity index (χ3v) is 5.96. The van der Waals surface area contributed by atoms with Crippen LogP contribution in [-0.2, 0) is 26.7 Å². The van der Waals surface area contributed by atoms with Gasteiger partial charge in [0.25, 0.3) is 0 Å². The van der Waals surface area contributed by atoms with Crippen LogP contribution in [0.3, 0.4) is 0 Å². The van der Waals surface area contributed by atoms with Crippen molar-refractivity contribution in [1.82, 2.24) is 15.0 Å². The molecular weight excluding hydrogens is 345 g/mol. The summed E-state index contributed by atoms with van der Waals surface area (Å²) in [5, 5.41) is 3.84. The van der Waals surface area contributed by atoms with Crippen LogP contribution < -0.4 is 5.32 Å². The molecular formula is C16H22N3O5P. The molecule has 1 aromatic heterocycles. The summed E-state index contributed by atoms with van der Waals surface area (Å²) in [5.74, 6) is 0. The van der Waals surface area contributed by atoms with E-state index < -0.39 is 7.75 Å². The molecule has 1 aromatic carbocycles. The van der Waals surface area contributed by atoms with Crippen LogP contribution in [0.15, 0.2) is 24.4 Å². The van der Waals surface area contributed by atoms with Crippen molar-refractivity contribution in [3.63, 3.8) is 0 Å². The van der Waals surface area contributed by atoms with Gasteiger partial charge in [0.1, 0.15) is 6.61 Å². The molecule has 0 aliphatic carbocycles. The summed E-state index contributed by atoms with van der Waals surface area (Å²) in [6, 6.07) is 6.09. The standard InChI is InChI=1S/C16H22N3O5P/c1-19(25(21,22)23-2)6-5-12-9-17-15-4-3-11(8-14(12)15)7-13-10-24-16(20)18-13/h3-4,8-9,13,17H,5-7,10H2,1-2H3,(H,18,20)(H,21,22). The van der Waals surface area contributed by atoms with Gasteiger partial charge in [0.15, 0.2) is 0 Å². The minimum absolute atomic E-state index is 0.0135. The number of aromatic nitrogens is 1.